The highest BCUT2D eigenvalue weighted by atomic mass is 32.2. The summed E-state index contributed by atoms with van der Waals surface area (Å²) in [6.07, 6.45) is 1.78. The van der Waals surface area contributed by atoms with Gasteiger partial charge in [-0.25, -0.2) is 0 Å². The van der Waals surface area contributed by atoms with Gasteiger partial charge in [-0.3, -0.25) is 9.59 Å². The van der Waals surface area contributed by atoms with Crippen LogP contribution in [0.4, 0.5) is 5.69 Å². The Morgan fingerprint density at radius 1 is 1.09 bits per heavy atom. The lowest BCUT2D eigenvalue weighted by molar-refractivity contribution is -0.113. The number of aromatic nitrogens is 3. The summed E-state index contributed by atoms with van der Waals surface area (Å²) in [6, 6.07) is 13.5. The smallest absolute Gasteiger partial charge is 0.254 e. The predicted octanol–water partition coefficient (Wildman–Crippen LogP) is 4.45. The molecule has 4 rings (SSSR count). The Bertz CT molecular complexity index is 1170. The van der Waals surface area contributed by atoms with E-state index in [0.717, 1.165) is 46.6 Å². The molecule has 2 amide bonds. The van der Waals surface area contributed by atoms with Gasteiger partial charge in [-0.15, -0.1) is 10.2 Å². The van der Waals surface area contributed by atoms with E-state index in [1.54, 1.807) is 0 Å². The lowest BCUT2D eigenvalue weighted by atomic mass is 10.1. The molecule has 1 aromatic heterocycles. The molecule has 1 aliphatic rings. The molecule has 0 aliphatic carbocycles. The Morgan fingerprint density at radius 3 is 2.55 bits per heavy atom. The topological polar surface area (TPSA) is 80.1 Å². The quantitative estimate of drug-likeness (QED) is 0.547. The van der Waals surface area contributed by atoms with Crippen molar-refractivity contribution in [3.05, 3.63) is 70.5 Å². The summed E-state index contributed by atoms with van der Waals surface area (Å²) in [5, 5.41) is 12.3. The van der Waals surface area contributed by atoms with E-state index in [9.17, 15) is 9.59 Å². The maximum atomic E-state index is 13.2. The summed E-state index contributed by atoms with van der Waals surface area (Å²) in [6.45, 7) is 6.67. The minimum Gasteiger partial charge on any atom is -0.328 e. The molecule has 0 bridgehead atoms. The standard InChI is InChI=1S/C25H29N5O2S/c1-16-12-17(2)14-19(13-16)26-22(31)15-33-25-28-27-23(29(25)4)21-10-7-11-30(21)24(32)20-9-6-5-8-18(20)3/h5-6,8-9,12-14,21H,7,10-11,15H2,1-4H3,(H,26,31). The number of rotatable bonds is 6. The lowest BCUT2D eigenvalue weighted by Crippen LogP contribution is -2.32. The summed E-state index contributed by atoms with van der Waals surface area (Å²) < 4.78 is 1.91. The van der Waals surface area contributed by atoms with E-state index in [-0.39, 0.29) is 23.6 Å². The van der Waals surface area contributed by atoms with Crippen LogP contribution in [0.2, 0.25) is 0 Å². The van der Waals surface area contributed by atoms with Crippen LogP contribution in [0.5, 0.6) is 0 Å². The average Bonchev–Trinajstić information content (AvgIpc) is 3.38. The maximum Gasteiger partial charge on any atom is 0.254 e. The van der Waals surface area contributed by atoms with Crippen LogP contribution < -0.4 is 5.32 Å². The molecule has 1 N–H and O–H groups in total. The molecular formula is C25H29N5O2S. The van der Waals surface area contributed by atoms with Crippen molar-refractivity contribution in [3.8, 4) is 0 Å². The number of thioether (sulfide) groups is 1. The van der Waals surface area contributed by atoms with E-state index < -0.39 is 0 Å². The van der Waals surface area contributed by atoms with Crippen molar-refractivity contribution in [1.82, 2.24) is 19.7 Å². The summed E-state index contributed by atoms with van der Waals surface area (Å²) in [4.78, 5) is 27.6. The Labute approximate surface area is 198 Å². The molecule has 1 atom stereocenters. The summed E-state index contributed by atoms with van der Waals surface area (Å²) in [5.41, 5.74) is 4.71. The molecule has 0 saturated carbocycles. The largest absolute Gasteiger partial charge is 0.328 e. The van der Waals surface area contributed by atoms with Crippen LogP contribution in [0.25, 0.3) is 0 Å². The SMILES string of the molecule is Cc1cc(C)cc(NC(=O)CSc2nnc(C3CCCN3C(=O)c3ccccc3C)n2C)c1. The van der Waals surface area contributed by atoms with Crippen molar-refractivity contribution in [1.29, 1.82) is 0 Å². The molecule has 172 valence electrons. The molecule has 0 radical (unpaired) electrons. The Kier molecular flexibility index (Phi) is 6.83. The first-order valence-corrected chi connectivity index (χ1v) is 12.1. The summed E-state index contributed by atoms with van der Waals surface area (Å²) >= 11 is 1.34. The van der Waals surface area contributed by atoms with Crippen LogP contribution in [-0.2, 0) is 11.8 Å². The normalized spacial score (nSPS) is 15.6. The lowest BCUT2D eigenvalue weighted by Gasteiger charge is -2.24. The Hall–Kier alpha value is -3.13. The second kappa shape index (κ2) is 9.79. The number of benzene rings is 2. The second-order valence-corrected chi connectivity index (χ2v) is 9.53. The van der Waals surface area contributed by atoms with E-state index in [2.05, 4.69) is 21.6 Å². The van der Waals surface area contributed by atoms with Crippen molar-refractivity contribution in [2.45, 2.75) is 44.8 Å². The number of anilines is 1. The molecule has 7 nitrogen and oxygen atoms in total. The van der Waals surface area contributed by atoms with Crippen molar-refractivity contribution >= 4 is 29.3 Å². The van der Waals surface area contributed by atoms with E-state index in [1.165, 1.54) is 11.8 Å². The molecule has 3 aromatic rings. The minimum atomic E-state index is -0.118. The molecule has 0 spiro atoms. The monoisotopic (exact) mass is 463 g/mol. The Morgan fingerprint density at radius 2 is 1.82 bits per heavy atom. The summed E-state index contributed by atoms with van der Waals surface area (Å²) in [7, 11) is 1.90. The molecule has 1 saturated heterocycles. The molecule has 8 heteroatoms. The van der Waals surface area contributed by atoms with E-state index in [0.29, 0.717) is 11.7 Å². The van der Waals surface area contributed by atoms with Crippen LogP contribution in [0.3, 0.4) is 0 Å². The maximum absolute atomic E-state index is 13.2. The highest BCUT2D eigenvalue weighted by molar-refractivity contribution is 7.99. The van der Waals surface area contributed by atoms with Crippen molar-refractivity contribution in [2.75, 3.05) is 17.6 Å². The van der Waals surface area contributed by atoms with Gasteiger partial charge in [0.15, 0.2) is 11.0 Å². The van der Waals surface area contributed by atoms with E-state index >= 15 is 0 Å². The number of nitrogens with one attached hydrogen (secondary N) is 1. The fourth-order valence-electron chi connectivity index (χ4n) is 4.36. The van der Waals surface area contributed by atoms with Gasteiger partial charge in [0.25, 0.3) is 5.91 Å². The summed E-state index contributed by atoms with van der Waals surface area (Å²) in [5.74, 6) is 0.925. The van der Waals surface area contributed by atoms with Gasteiger partial charge in [0.2, 0.25) is 5.91 Å². The second-order valence-electron chi connectivity index (χ2n) is 8.58. The van der Waals surface area contributed by atoms with Crippen LogP contribution >= 0.6 is 11.8 Å². The third-order valence-corrected chi connectivity index (χ3v) is 6.91. The number of hydrogen-bond donors (Lipinski definition) is 1. The zero-order valence-electron chi connectivity index (χ0n) is 19.5. The number of hydrogen-bond acceptors (Lipinski definition) is 5. The third kappa shape index (κ3) is 5.11. The van der Waals surface area contributed by atoms with Crippen molar-refractivity contribution in [3.63, 3.8) is 0 Å². The Balaban J connectivity index is 1.43. The zero-order valence-corrected chi connectivity index (χ0v) is 20.3. The number of aryl methyl sites for hydroxylation is 3. The van der Waals surface area contributed by atoms with Gasteiger partial charge in [0, 0.05) is 24.8 Å². The zero-order chi connectivity index (χ0) is 23.5. The molecule has 1 unspecified atom stereocenters. The molecule has 1 fully saturated rings. The van der Waals surface area contributed by atoms with E-state index in [4.69, 9.17) is 0 Å². The number of carbonyl (C=O) groups is 2. The first-order valence-electron chi connectivity index (χ1n) is 11.1. The van der Waals surface area contributed by atoms with Crippen LogP contribution in [0.1, 0.15) is 51.8 Å². The highest BCUT2D eigenvalue weighted by Gasteiger charge is 2.34. The van der Waals surface area contributed by atoms with Crippen molar-refractivity contribution < 1.29 is 9.59 Å². The van der Waals surface area contributed by atoms with E-state index in [1.807, 2.05) is 73.7 Å². The molecule has 2 aromatic carbocycles. The minimum absolute atomic E-state index is 0.0284. The van der Waals surface area contributed by atoms with Gasteiger partial charge < -0.3 is 14.8 Å². The fourth-order valence-corrected chi connectivity index (χ4v) is 5.08. The average molecular weight is 464 g/mol. The van der Waals surface area contributed by atoms with Crippen LogP contribution in [-0.4, -0.2) is 43.8 Å². The van der Waals surface area contributed by atoms with Gasteiger partial charge in [0.1, 0.15) is 0 Å². The number of carbonyl (C=O) groups excluding carboxylic acids is 2. The van der Waals surface area contributed by atoms with Crippen molar-refractivity contribution in [2.24, 2.45) is 7.05 Å². The predicted molar refractivity (Wildman–Crippen MR) is 130 cm³/mol. The van der Waals surface area contributed by atoms with Gasteiger partial charge in [0.05, 0.1) is 11.8 Å². The molecular weight excluding hydrogens is 434 g/mol. The molecule has 1 aliphatic heterocycles. The highest BCUT2D eigenvalue weighted by Crippen LogP contribution is 2.33. The number of amides is 2. The van der Waals surface area contributed by atoms with Gasteiger partial charge in [-0.1, -0.05) is 36.0 Å². The van der Waals surface area contributed by atoms with Gasteiger partial charge >= 0.3 is 0 Å². The van der Waals surface area contributed by atoms with Gasteiger partial charge in [-0.05, 0) is 68.5 Å². The first-order chi connectivity index (χ1) is 15.8. The number of likely N-dealkylation sites (tertiary alicyclic amines) is 1. The molecule has 2 heterocycles. The molecule has 33 heavy (non-hydrogen) atoms. The fraction of sp³-hybridized carbons (Fsp3) is 0.360. The van der Waals surface area contributed by atoms with Crippen LogP contribution in [0.15, 0.2) is 47.6 Å². The third-order valence-electron chi connectivity index (χ3n) is 5.89. The van der Waals surface area contributed by atoms with Gasteiger partial charge in [-0.2, -0.15) is 0 Å². The number of nitrogens with zero attached hydrogens (tertiary/aromatic N) is 4. The first kappa shape index (κ1) is 23.0. The van der Waals surface area contributed by atoms with Crippen LogP contribution in [0, 0.1) is 20.8 Å².